The van der Waals surface area contributed by atoms with E-state index in [2.05, 4.69) is 9.97 Å². The minimum atomic E-state index is -0.671. The van der Waals surface area contributed by atoms with E-state index >= 15 is 0 Å². The van der Waals surface area contributed by atoms with E-state index in [0.717, 1.165) is 0 Å². The van der Waals surface area contributed by atoms with E-state index in [0.29, 0.717) is 30.8 Å². The Morgan fingerprint density at radius 3 is 2.42 bits per heavy atom. The third-order valence-electron chi connectivity index (χ3n) is 5.58. The van der Waals surface area contributed by atoms with Crippen LogP contribution in [0.4, 0.5) is 10.6 Å². The molecule has 14 nitrogen and oxygen atoms in total. The van der Waals surface area contributed by atoms with Crippen LogP contribution in [-0.4, -0.2) is 106 Å². The standard InChI is InChI=1S/C24H40N8O6/c1-8-37-18(34)15-31(13-12-29(6)23(36)38-24(2,3)4)17(33)14-32-16-26-19-20(32)27-22(35)30(7)21(19)28(5)11-9-10-25/h16H,8-15,25H2,1-7H3. The number of aromatic nitrogens is 4. The van der Waals surface area contributed by atoms with Crippen molar-refractivity contribution in [2.75, 3.05) is 58.3 Å². The zero-order valence-electron chi connectivity index (χ0n) is 23.4. The minimum Gasteiger partial charge on any atom is -0.465 e. The fraction of sp³-hybridized carbons (Fsp3) is 0.667. The van der Waals surface area contributed by atoms with Crippen LogP contribution in [0.15, 0.2) is 11.1 Å². The van der Waals surface area contributed by atoms with Crippen molar-refractivity contribution in [3.8, 4) is 0 Å². The smallest absolute Gasteiger partial charge is 0.410 e. The van der Waals surface area contributed by atoms with Gasteiger partial charge in [0.25, 0.3) is 0 Å². The van der Waals surface area contributed by atoms with E-state index in [-0.39, 0.29) is 38.4 Å². The molecule has 2 amide bonds. The van der Waals surface area contributed by atoms with Gasteiger partial charge in [-0.2, -0.15) is 4.98 Å². The molecule has 2 N–H and O–H groups in total. The highest BCUT2D eigenvalue weighted by Crippen LogP contribution is 2.21. The van der Waals surface area contributed by atoms with Crippen molar-refractivity contribution >= 4 is 35.0 Å². The summed E-state index contributed by atoms with van der Waals surface area (Å²) in [6.45, 7) is 7.87. The van der Waals surface area contributed by atoms with E-state index in [1.165, 1.54) is 25.3 Å². The third-order valence-corrected chi connectivity index (χ3v) is 5.58. The maximum Gasteiger partial charge on any atom is 0.410 e. The summed E-state index contributed by atoms with van der Waals surface area (Å²) in [6.07, 6.45) is 1.60. The minimum absolute atomic E-state index is 0.0578. The van der Waals surface area contributed by atoms with Gasteiger partial charge in [0.2, 0.25) is 5.91 Å². The first-order valence-electron chi connectivity index (χ1n) is 12.5. The first kappa shape index (κ1) is 30.5. The first-order chi connectivity index (χ1) is 17.8. The number of nitrogens with two attached hydrogens (primary N) is 1. The van der Waals surface area contributed by atoms with Crippen LogP contribution < -0.4 is 16.3 Å². The lowest BCUT2D eigenvalue weighted by Crippen LogP contribution is -2.44. The van der Waals surface area contributed by atoms with E-state index in [1.807, 2.05) is 11.9 Å². The Kier molecular flexibility index (Phi) is 10.6. The van der Waals surface area contributed by atoms with Crippen LogP contribution in [0.3, 0.4) is 0 Å². The number of nitrogens with zero attached hydrogens (tertiary/aromatic N) is 7. The van der Waals surface area contributed by atoms with E-state index in [1.54, 1.807) is 41.8 Å². The Bertz CT molecular complexity index is 1190. The third kappa shape index (κ3) is 8.16. The monoisotopic (exact) mass is 536 g/mol. The SMILES string of the molecule is CCOC(=O)CN(CCN(C)C(=O)OC(C)(C)C)C(=O)Cn1cnc2c(N(C)CCCN)n(C)c(=O)nc21. The van der Waals surface area contributed by atoms with Crippen LogP contribution >= 0.6 is 0 Å². The maximum atomic E-state index is 13.3. The summed E-state index contributed by atoms with van der Waals surface area (Å²) in [5, 5.41) is 0. The van der Waals surface area contributed by atoms with Crippen molar-refractivity contribution in [3.63, 3.8) is 0 Å². The average molecular weight is 537 g/mol. The molecule has 2 heterocycles. The van der Waals surface area contributed by atoms with Gasteiger partial charge in [-0.3, -0.25) is 14.2 Å². The highest BCUT2D eigenvalue weighted by atomic mass is 16.6. The molecule has 0 unspecified atom stereocenters. The van der Waals surface area contributed by atoms with Crippen LogP contribution in [0.5, 0.6) is 0 Å². The molecule has 0 aromatic carbocycles. The number of hydrogen-bond acceptors (Lipinski definition) is 10. The molecule has 0 saturated carbocycles. The van der Waals surface area contributed by atoms with E-state index in [4.69, 9.17) is 15.2 Å². The highest BCUT2D eigenvalue weighted by molar-refractivity contribution is 5.86. The number of rotatable bonds is 12. The first-order valence-corrected chi connectivity index (χ1v) is 12.5. The van der Waals surface area contributed by atoms with Gasteiger partial charge >= 0.3 is 17.8 Å². The second kappa shape index (κ2) is 13.2. The fourth-order valence-corrected chi connectivity index (χ4v) is 3.65. The molecular formula is C24H40N8O6. The van der Waals surface area contributed by atoms with Crippen LogP contribution in [0.25, 0.3) is 11.2 Å². The molecular weight excluding hydrogens is 496 g/mol. The summed E-state index contributed by atoms with van der Waals surface area (Å²) >= 11 is 0. The Morgan fingerprint density at radius 2 is 1.82 bits per heavy atom. The van der Waals surface area contributed by atoms with E-state index < -0.39 is 29.3 Å². The Labute approximate surface area is 222 Å². The summed E-state index contributed by atoms with van der Waals surface area (Å²) in [5.41, 5.74) is 5.17. The molecule has 0 aliphatic heterocycles. The van der Waals surface area contributed by atoms with Crippen molar-refractivity contribution < 1.29 is 23.9 Å². The lowest BCUT2D eigenvalue weighted by Gasteiger charge is -2.27. The zero-order valence-corrected chi connectivity index (χ0v) is 23.4. The van der Waals surface area contributed by atoms with Crippen LogP contribution in [0.2, 0.25) is 0 Å². The lowest BCUT2D eigenvalue weighted by atomic mass is 10.2. The predicted molar refractivity (Wildman–Crippen MR) is 142 cm³/mol. The largest absolute Gasteiger partial charge is 0.465 e. The van der Waals surface area contributed by atoms with Gasteiger partial charge in [0.15, 0.2) is 5.65 Å². The number of ether oxygens (including phenoxy) is 2. The maximum absolute atomic E-state index is 13.3. The Hall–Kier alpha value is -3.68. The van der Waals surface area contributed by atoms with Crippen LogP contribution in [-0.2, 0) is 32.7 Å². The quantitative estimate of drug-likeness (QED) is 0.371. The van der Waals surface area contributed by atoms with Gasteiger partial charge in [0, 0.05) is 40.8 Å². The Balaban J connectivity index is 2.29. The highest BCUT2D eigenvalue weighted by Gasteiger charge is 2.24. The van der Waals surface area contributed by atoms with Gasteiger partial charge in [-0.1, -0.05) is 0 Å². The second-order valence-corrected chi connectivity index (χ2v) is 9.91. The molecule has 2 aromatic heterocycles. The number of imidazole rings is 1. The summed E-state index contributed by atoms with van der Waals surface area (Å²) in [5.74, 6) is -0.454. The van der Waals surface area contributed by atoms with Gasteiger partial charge in [-0.05, 0) is 40.7 Å². The molecule has 0 saturated heterocycles. The number of amides is 2. The lowest BCUT2D eigenvalue weighted by molar-refractivity contribution is -0.149. The molecule has 0 atom stereocenters. The Morgan fingerprint density at radius 1 is 1.13 bits per heavy atom. The molecule has 38 heavy (non-hydrogen) atoms. The van der Waals surface area contributed by atoms with Gasteiger partial charge in [-0.25, -0.2) is 14.6 Å². The number of carbonyl (C=O) groups is 3. The second-order valence-electron chi connectivity index (χ2n) is 9.91. The van der Waals surface area contributed by atoms with E-state index in [9.17, 15) is 19.2 Å². The molecule has 0 spiro atoms. The molecule has 212 valence electrons. The summed E-state index contributed by atoms with van der Waals surface area (Å²) in [7, 11) is 4.98. The molecule has 0 bridgehead atoms. The molecule has 0 aliphatic carbocycles. The number of anilines is 1. The summed E-state index contributed by atoms with van der Waals surface area (Å²) in [4.78, 5) is 63.5. The average Bonchev–Trinajstić information content (AvgIpc) is 3.21. The molecule has 0 fully saturated rings. The number of fused-ring (bicyclic) bond motifs is 1. The molecule has 0 aliphatic rings. The molecule has 14 heteroatoms. The van der Waals surface area contributed by atoms with Crippen molar-refractivity contribution in [3.05, 3.63) is 16.8 Å². The van der Waals surface area contributed by atoms with Crippen molar-refractivity contribution in [2.24, 2.45) is 12.8 Å². The molecule has 2 rings (SSSR count). The number of esters is 1. The van der Waals surface area contributed by atoms with Gasteiger partial charge in [-0.15, -0.1) is 0 Å². The fourth-order valence-electron chi connectivity index (χ4n) is 3.65. The van der Waals surface area contributed by atoms with Gasteiger partial charge < -0.3 is 34.5 Å². The van der Waals surface area contributed by atoms with Crippen molar-refractivity contribution in [2.45, 2.75) is 46.3 Å². The molecule has 2 aromatic rings. The number of hydrogen-bond donors (Lipinski definition) is 1. The summed E-state index contributed by atoms with van der Waals surface area (Å²) in [6, 6.07) is 0. The summed E-state index contributed by atoms with van der Waals surface area (Å²) < 4.78 is 13.2. The van der Waals surface area contributed by atoms with Crippen LogP contribution in [0, 0.1) is 0 Å². The predicted octanol–water partition coefficient (Wildman–Crippen LogP) is 0.174. The normalized spacial score (nSPS) is 11.4. The number of likely N-dealkylation sites (N-methyl/N-ethyl adjacent to an activating group) is 1. The van der Waals surface area contributed by atoms with Crippen molar-refractivity contribution in [1.82, 2.24) is 28.9 Å². The van der Waals surface area contributed by atoms with Crippen molar-refractivity contribution in [1.29, 1.82) is 0 Å². The van der Waals surface area contributed by atoms with Gasteiger partial charge in [0.1, 0.15) is 30.0 Å². The topological polar surface area (TPSA) is 158 Å². The van der Waals surface area contributed by atoms with Gasteiger partial charge in [0.05, 0.1) is 12.9 Å². The van der Waals surface area contributed by atoms with Crippen LogP contribution in [0.1, 0.15) is 34.1 Å². The number of carbonyl (C=O) groups excluding carboxylic acids is 3. The zero-order chi connectivity index (χ0) is 28.6. The molecule has 0 radical (unpaired) electrons.